The molecule has 4 rings (SSSR count). The first-order chi connectivity index (χ1) is 17.5. The quantitative estimate of drug-likeness (QED) is 0.384. The predicted octanol–water partition coefficient (Wildman–Crippen LogP) is 5.73. The number of halogens is 1. The van der Waals surface area contributed by atoms with Gasteiger partial charge in [0.25, 0.3) is 5.91 Å². The van der Waals surface area contributed by atoms with Crippen molar-refractivity contribution in [3.05, 3.63) is 101 Å². The summed E-state index contributed by atoms with van der Waals surface area (Å²) in [5.41, 5.74) is 3.10. The maximum absolute atomic E-state index is 13.6. The average Bonchev–Trinajstić information content (AvgIpc) is 3.39. The van der Waals surface area contributed by atoms with Crippen LogP contribution in [0.15, 0.2) is 78.9 Å². The molecule has 0 aromatic heterocycles. The minimum absolute atomic E-state index is 0.117. The van der Waals surface area contributed by atoms with Crippen LogP contribution in [0.3, 0.4) is 0 Å². The Hall–Kier alpha value is -3.31. The number of carbonyl (C=O) groups is 2. The molecule has 1 N–H and O–H groups in total. The van der Waals surface area contributed by atoms with Crippen molar-refractivity contribution in [3.63, 3.8) is 0 Å². The molecule has 0 heterocycles. The standard InChI is InChI=1S/C30H33ClN2O3/c1-22-14-16-24(17-15-22)20-33(29(34)21-36-27-13-7-10-25(31)19-27)28(18-23-8-3-2-4-9-23)30(35)32-26-11-5-6-12-26/h2-4,7-10,13-17,19,26,28H,5-6,11-12,18,20-21H2,1H3,(H,32,35)/t28-/m1/s1. The smallest absolute Gasteiger partial charge is 0.261 e. The Labute approximate surface area is 218 Å². The van der Waals surface area contributed by atoms with Crippen molar-refractivity contribution in [1.82, 2.24) is 10.2 Å². The highest BCUT2D eigenvalue weighted by Gasteiger charge is 2.32. The molecule has 0 aliphatic heterocycles. The van der Waals surface area contributed by atoms with Crippen LogP contribution in [0.1, 0.15) is 42.4 Å². The van der Waals surface area contributed by atoms with Gasteiger partial charge in [0.05, 0.1) is 0 Å². The van der Waals surface area contributed by atoms with Gasteiger partial charge >= 0.3 is 0 Å². The molecule has 3 aromatic carbocycles. The summed E-state index contributed by atoms with van der Waals surface area (Å²) >= 11 is 6.08. The van der Waals surface area contributed by atoms with Crippen LogP contribution in [0.4, 0.5) is 0 Å². The molecule has 1 saturated carbocycles. The third-order valence-electron chi connectivity index (χ3n) is 6.60. The number of ether oxygens (including phenoxy) is 1. The second kappa shape index (κ2) is 12.6. The van der Waals surface area contributed by atoms with Crippen molar-refractivity contribution in [1.29, 1.82) is 0 Å². The first-order valence-electron chi connectivity index (χ1n) is 12.6. The zero-order chi connectivity index (χ0) is 25.3. The number of hydrogen-bond donors (Lipinski definition) is 1. The molecule has 36 heavy (non-hydrogen) atoms. The lowest BCUT2D eigenvalue weighted by molar-refractivity contribution is -0.143. The van der Waals surface area contributed by atoms with Crippen LogP contribution in [0.2, 0.25) is 5.02 Å². The van der Waals surface area contributed by atoms with Gasteiger partial charge in [-0.25, -0.2) is 0 Å². The van der Waals surface area contributed by atoms with E-state index < -0.39 is 6.04 Å². The summed E-state index contributed by atoms with van der Waals surface area (Å²) in [5, 5.41) is 3.76. The van der Waals surface area contributed by atoms with E-state index >= 15 is 0 Å². The summed E-state index contributed by atoms with van der Waals surface area (Å²) in [6, 6.07) is 24.4. The van der Waals surface area contributed by atoms with Crippen LogP contribution < -0.4 is 10.1 Å². The third-order valence-corrected chi connectivity index (χ3v) is 6.84. The SMILES string of the molecule is Cc1ccc(CN(C(=O)COc2cccc(Cl)c2)[C@H](Cc2ccccc2)C(=O)NC2CCCC2)cc1. The molecule has 1 aliphatic carbocycles. The number of carbonyl (C=O) groups excluding carboxylic acids is 2. The van der Waals surface area contributed by atoms with E-state index in [9.17, 15) is 9.59 Å². The van der Waals surface area contributed by atoms with Crippen LogP contribution in [0.5, 0.6) is 5.75 Å². The summed E-state index contributed by atoms with van der Waals surface area (Å²) in [7, 11) is 0. The van der Waals surface area contributed by atoms with Crippen LogP contribution in [0.25, 0.3) is 0 Å². The van der Waals surface area contributed by atoms with Gasteiger partial charge in [0.2, 0.25) is 5.91 Å². The largest absolute Gasteiger partial charge is 0.484 e. The Morgan fingerprint density at radius 3 is 2.39 bits per heavy atom. The molecule has 0 bridgehead atoms. The molecular weight excluding hydrogens is 472 g/mol. The fraction of sp³-hybridized carbons (Fsp3) is 0.333. The van der Waals surface area contributed by atoms with Crippen molar-refractivity contribution in [2.24, 2.45) is 0 Å². The molecule has 5 nitrogen and oxygen atoms in total. The number of benzene rings is 3. The highest BCUT2D eigenvalue weighted by atomic mass is 35.5. The van der Waals surface area contributed by atoms with Crippen LogP contribution in [0, 0.1) is 6.92 Å². The monoisotopic (exact) mass is 504 g/mol. The highest BCUT2D eigenvalue weighted by molar-refractivity contribution is 6.30. The lowest BCUT2D eigenvalue weighted by atomic mass is 10.0. The fourth-order valence-electron chi connectivity index (χ4n) is 4.60. The van der Waals surface area contributed by atoms with Gasteiger partial charge in [0.15, 0.2) is 6.61 Å². The molecule has 1 aliphatic rings. The molecule has 0 spiro atoms. The van der Waals surface area contributed by atoms with Gasteiger partial charge in [0.1, 0.15) is 11.8 Å². The van der Waals surface area contributed by atoms with Gasteiger partial charge in [-0.15, -0.1) is 0 Å². The molecule has 0 radical (unpaired) electrons. The van der Waals surface area contributed by atoms with Gasteiger partial charge in [-0.2, -0.15) is 0 Å². The lowest BCUT2D eigenvalue weighted by Gasteiger charge is -2.32. The molecule has 0 saturated heterocycles. The topological polar surface area (TPSA) is 58.6 Å². The number of rotatable bonds is 10. The van der Waals surface area contributed by atoms with E-state index in [1.165, 1.54) is 0 Å². The number of amides is 2. The van der Waals surface area contributed by atoms with E-state index in [-0.39, 0.29) is 24.5 Å². The second-order valence-corrected chi connectivity index (χ2v) is 9.89. The third kappa shape index (κ3) is 7.34. The van der Waals surface area contributed by atoms with Crippen molar-refractivity contribution in [3.8, 4) is 5.75 Å². The fourth-order valence-corrected chi connectivity index (χ4v) is 4.78. The zero-order valence-electron chi connectivity index (χ0n) is 20.7. The van der Waals surface area contributed by atoms with E-state index in [0.717, 1.165) is 42.4 Å². The van der Waals surface area contributed by atoms with Crippen LogP contribution in [-0.2, 0) is 22.6 Å². The Balaban J connectivity index is 1.60. The first kappa shape index (κ1) is 25.8. The molecule has 1 atom stereocenters. The minimum Gasteiger partial charge on any atom is -0.484 e. The van der Waals surface area contributed by atoms with E-state index in [1.54, 1.807) is 29.2 Å². The van der Waals surface area contributed by atoms with Gasteiger partial charge < -0.3 is 15.0 Å². The van der Waals surface area contributed by atoms with Crippen molar-refractivity contribution >= 4 is 23.4 Å². The van der Waals surface area contributed by atoms with E-state index in [4.69, 9.17) is 16.3 Å². The Kier molecular flexibility index (Phi) is 9.01. The van der Waals surface area contributed by atoms with Crippen molar-refractivity contribution in [2.75, 3.05) is 6.61 Å². The number of nitrogens with zero attached hydrogens (tertiary/aromatic N) is 1. The number of hydrogen-bond acceptors (Lipinski definition) is 3. The Morgan fingerprint density at radius 2 is 1.69 bits per heavy atom. The molecule has 2 amide bonds. The Morgan fingerprint density at radius 1 is 0.972 bits per heavy atom. The maximum Gasteiger partial charge on any atom is 0.261 e. The van der Waals surface area contributed by atoms with Gasteiger partial charge in [-0.05, 0) is 49.1 Å². The number of nitrogens with one attached hydrogen (secondary N) is 1. The molecule has 188 valence electrons. The van der Waals surface area contributed by atoms with E-state index in [2.05, 4.69) is 5.32 Å². The lowest BCUT2D eigenvalue weighted by Crippen LogP contribution is -2.53. The normalized spacial score (nSPS) is 14.3. The van der Waals surface area contributed by atoms with Crippen LogP contribution in [-0.4, -0.2) is 35.4 Å². The Bertz CT molecular complexity index is 1140. The number of aryl methyl sites for hydroxylation is 1. The molecular formula is C30H33ClN2O3. The molecule has 1 fully saturated rings. The summed E-state index contributed by atoms with van der Waals surface area (Å²) in [4.78, 5) is 28.9. The van der Waals surface area contributed by atoms with Crippen molar-refractivity contribution < 1.29 is 14.3 Å². The van der Waals surface area contributed by atoms with Crippen molar-refractivity contribution in [2.45, 2.75) is 57.7 Å². The highest BCUT2D eigenvalue weighted by Crippen LogP contribution is 2.21. The second-order valence-electron chi connectivity index (χ2n) is 9.45. The molecule has 3 aromatic rings. The van der Waals surface area contributed by atoms with E-state index in [1.807, 2.05) is 61.5 Å². The first-order valence-corrected chi connectivity index (χ1v) is 12.9. The maximum atomic E-state index is 13.6. The predicted molar refractivity (Wildman–Crippen MR) is 143 cm³/mol. The molecule has 6 heteroatoms. The van der Waals surface area contributed by atoms with Gasteiger partial charge in [-0.1, -0.05) is 90.7 Å². The van der Waals surface area contributed by atoms with Crippen LogP contribution >= 0.6 is 11.6 Å². The summed E-state index contributed by atoms with van der Waals surface area (Å²) < 4.78 is 5.79. The van der Waals surface area contributed by atoms with Gasteiger partial charge in [0, 0.05) is 24.0 Å². The van der Waals surface area contributed by atoms with Gasteiger partial charge in [-0.3, -0.25) is 9.59 Å². The minimum atomic E-state index is -0.662. The summed E-state index contributed by atoms with van der Waals surface area (Å²) in [5.74, 6) is 0.146. The zero-order valence-corrected chi connectivity index (χ0v) is 21.4. The summed E-state index contributed by atoms with van der Waals surface area (Å²) in [6.45, 7) is 2.15. The van der Waals surface area contributed by atoms with E-state index in [0.29, 0.717) is 23.7 Å². The molecule has 0 unspecified atom stereocenters. The summed E-state index contributed by atoms with van der Waals surface area (Å²) in [6.07, 6.45) is 4.62. The average molecular weight is 505 g/mol.